The van der Waals surface area contributed by atoms with Crippen molar-refractivity contribution < 1.29 is 19.5 Å². The van der Waals surface area contributed by atoms with E-state index in [4.69, 9.17) is 5.11 Å². The Hall–Kier alpha value is -2.71. The first-order valence-electron chi connectivity index (χ1n) is 10.2. The Labute approximate surface area is 187 Å². The highest BCUT2D eigenvalue weighted by molar-refractivity contribution is 8.00. The third kappa shape index (κ3) is 3.74. The maximum atomic E-state index is 12.9. The zero-order valence-corrected chi connectivity index (χ0v) is 18.2. The number of thiazole rings is 1. The van der Waals surface area contributed by atoms with Gasteiger partial charge in [-0.05, 0) is 48.7 Å². The fourth-order valence-corrected chi connectivity index (χ4v) is 6.46. The van der Waals surface area contributed by atoms with Gasteiger partial charge in [0, 0.05) is 5.75 Å². The fourth-order valence-electron chi connectivity index (χ4n) is 4.40. The van der Waals surface area contributed by atoms with Crippen molar-refractivity contribution in [3.8, 4) is 0 Å². The largest absolute Gasteiger partial charge is 0.478 e. The molecule has 0 unspecified atom stereocenters. The summed E-state index contributed by atoms with van der Waals surface area (Å²) in [7, 11) is 0. The van der Waals surface area contributed by atoms with E-state index >= 15 is 0 Å². The number of benzene rings is 2. The van der Waals surface area contributed by atoms with Crippen molar-refractivity contribution >= 4 is 56.8 Å². The van der Waals surface area contributed by atoms with Gasteiger partial charge in [-0.15, -0.1) is 11.3 Å². The van der Waals surface area contributed by atoms with Crippen LogP contribution in [0.1, 0.15) is 41.6 Å². The number of aromatic carboxylic acids is 1. The first-order valence-corrected chi connectivity index (χ1v) is 12.0. The van der Waals surface area contributed by atoms with Crippen molar-refractivity contribution in [3.05, 3.63) is 53.6 Å². The van der Waals surface area contributed by atoms with Gasteiger partial charge in [0.1, 0.15) is 0 Å². The van der Waals surface area contributed by atoms with E-state index in [9.17, 15) is 14.4 Å². The first kappa shape index (κ1) is 20.2. The van der Waals surface area contributed by atoms with Crippen LogP contribution in [0.4, 0.5) is 5.69 Å². The highest BCUT2D eigenvalue weighted by atomic mass is 32.2. The predicted octanol–water partition coefficient (Wildman–Crippen LogP) is 4.97. The normalized spacial score (nSPS) is 21.0. The molecule has 1 saturated carbocycles. The number of fused-ring (bicyclic) bond motifs is 2. The van der Waals surface area contributed by atoms with Gasteiger partial charge in [-0.25, -0.2) is 9.78 Å². The van der Waals surface area contributed by atoms with Crippen LogP contribution in [-0.2, 0) is 15.3 Å². The molecule has 0 bridgehead atoms. The summed E-state index contributed by atoms with van der Waals surface area (Å²) in [6.45, 7) is 0. The van der Waals surface area contributed by atoms with Crippen LogP contribution in [-0.4, -0.2) is 27.9 Å². The molecular formula is C23H20N2O4S2. The number of carboxylic acids is 1. The molecule has 2 fully saturated rings. The van der Waals surface area contributed by atoms with E-state index in [2.05, 4.69) is 4.98 Å². The molecule has 2 aliphatic rings. The molecule has 8 heteroatoms. The number of aromatic nitrogens is 1. The van der Waals surface area contributed by atoms with Crippen molar-refractivity contribution in [1.29, 1.82) is 0 Å². The Kier molecular flexibility index (Phi) is 5.27. The highest BCUT2D eigenvalue weighted by Gasteiger charge is 2.48. The molecule has 1 saturated heterocycles. The van der Waals surface area contributed by atoms with Crippen molar-refractivity contribution in [1.82, 2.24) is 4.98 Å². The molecule has 2 amide bonds. The minimum Gasteiger partial charge on any atom is -0.478 e. The van der Waals surface area contributed by atoms with Gasteiger partial charge in [-0.1, -0.05) is 36.7 Å². The zero-order chi connectivity index (χ0) is 21.5. The topological polar surface area (TPSA) is 87.6 Å². The summed E-state index contributed by atoms with van der Waals surface area (Å²) in [6, 6.07) is 12.4. The molecule has 0 spiro atoms. The quantitative estimate of drug-likeness (QED) is 0.435. The summed E-state index contributed by atoms with van der Waals surface area (Å²) in [6.07, 6.45) is 3.65. The molecule has 3 aromatic rings. The zero-order valence-electron chi connectivity index (χ0n) is 16.6. The number of hydrogen-bond donors (Lipinski definition) is 1. The van der Waals surface area contributed by atoms with Crippen LogP contribution < -0.4 is 4.90 Å². The number of hydrogen-bond acceptors (Lipinski definition) is 6. The van der Waals surface area contributed by atoms with E-state index in [0.29, 0.717) is 11.4 Å². The minimum absolute atomic E-state index is 0.0574. The van der Waals surface area contributed by atoms with Crippen LogP contribution in [0.15, 0.2) is 46.8 Å². The maximum Gasteiger partial charge on any atom is 0.335 e. The second kappa shape index (κ2) is 8.09. The molecule has 2 atom stereocenters. The molecule has 1 aliphatic heterocycles. The summed E-state index contributed by atoms with van der Waals surface area (Å²) in [5.74, 6) is -0.681. The van der Waals surface area contributed by atoms with Gasteiger partial charge in [0.2, 0.25) is 11.8 Å². The third-order valence-corrected chi connectivity index (χ3v) is 8.25. The van der Waals surface area contributed by atoms with E-state index in [-0.39, 0.29) is 29.2 Å². The van der Waals surface area contributed by atoms with Crippen molar-refractivity contribution in [3.63, 3.8) is 0 Å². The van der Waals surface area contributed by atoms with Crippen LogP contribution >= 0.6 is 23.1 Å². The smallest absolute Gasteiger partial charge is 0.335 e. The maximum absolute atomic E-state index is 12.9. The average molecular weight is 453 g/mol. The Balaban J connectivity index is 1.34. The molecule has 1 aromatic heterocycles. The standard InChI is InChI=1S/C23H20N2O4S2/c26-20-16-3-1-2-4-17(16)21(27)25(20)15-9-10-18-19(11-15)31-23(24-18)30-12-13-5-7-14(8-6-13)22(28)29/h5-11,16-17H,1-4,12H2,(H,28,29)/t16-,17-/m0/s1. The van der Waals surface area contributed by atoms with Crippen LogP contribution in [0, 0.1) is 11.8 Å². The first-order chi connectivity index (χ1) is 15.0. The van der Waals surface area contributed by atoms with E-state index in [0.717, 1.165) is 45.8 Å². The predicted molar refractivity (Wildman–Crippen MR) is 121 cm³/mol. The molecule has 2 aromatic carbocycles. The van der Waals surface area contributed by atoms with E-state index < -0.39 is 5.97 Å². The number of carbonyl (C=O) groups excluding carboxylic acids is 2. The Morgan fingerprint density at radius 2 is 1.74 bits per heavy atom. The fraction of sp³-hybridized carbons (Fsp3) is 0.304. The van der Waals surface area contributed by atoms with Gasteiger partial charge >= 0.3 is 5.97 Å². The van der Waals surface area contributed by atoms with Crippen molar-refractivity contribution in [2.45, 2.75) is 35.8 Å². The molecule has 1 N–H and O–H groups in total. The van der Waals surface area contributed by atoms with Gasteiger partial charge in [0.25, 0.3) is 0 Å². The molecule has 158 valence electrons. The Morgan fingerprint density at radius 3 is 2.39 bits per heavy atom. The average Bonchev–Trinajstić information content (AvgIpc) is 3.30. The SMILES string of the molecule is O=C(O)c1ccc(CSc2nc3ccc(N4C(=O)[C@H]5CCCC[C@@H]5C4=O)cc3s2)cc1. The van der Waals surface area contributed by atoms with Crippen molar-refractivity contribution in [2.24, 2.45) is 11.8 Å². The minimum atomic E-state index is -0.935. The van der Waals surface area contributed by atoms with Gasteiger partial charge in [0.15, 0.2) is 4.34 Å². The van der Waals surface area contributed by atoms with E-state index in [1.165, 1.54) is 16.2 Å². The van der Waals surface area contributed by atoms with Gasteiger partial charge < -0.3 is 5.11 Å². The molecule has 31 heavy (non-hydrogen) atoms. The van der Waals surface area contributed by atoms with Crippen LogP contribution in [0.25, 0.3) is 10.2 Å². The van der Waals surface area contributed by atoms with E-state index in [1.807, 2.05) is 30.3 Å². The Morgan fingerprint density at radius 1 is 1.06 bits per heavy atom. The number of carboxylic acid groups (broad SMARTS) is 1. The number of nitrogens with zero attached hydrogens (tertiary/aromatic N) is 2. The summed E-state index contributed by atoms with van der Waals surface area (Å²) in [5.41, 5.74) is 2.77. The van der Waals surface area contributed by atoms with Crippen LogP contribution in [0.5, 0.6) is 0 Å². The number of rotatable bonds is 5. The second-order valence-corrected chi connectivity index (χ2v) is 10.2. The molecule has 2 heterocycles. The van der Waals surface area contributed by atoms with Gasteiger partial charge in [-0.3, -0.25) is 14.5 Å². The van der Waals surface area contributed by atoms with E-state index in [1.54, 1.807) is 23.9 Å². The summed E-state index contributed by atoms with van der Waals surface area (Å²) in [5, 5.41) is 9.00. The lowest BCUT2D eigenvalue weighted by Gasteiger charge is -2.19. The van der Waals surface area contributed by atoms with Crippen molar-refractivity contribution in [2.75, 3.05) is 4.90 Å². The number of amides is 2. The summed E-state index contributed by atoms with van der Waals surface area (Å²) >= 11 is 3.12. The van der Waals surface area contributed by atoms with Crippen LogP contribution in [0.3, 0.4) is 0 Å². The second-order valence-electron chi connectivity index (χ2n) is 7.93. The van der Waals surface area contributed by atoms with Crippen LogP contribution in [0.2, 0.25) is 0 Å². The number of carbonyl (C=O) groups is 3. The number of anilines is 1. The Bertz CT molecular complexity index is 1160. The number of thioether (sulfide) groups is 1. The van der Waals surface area contributed by atoms with Gasteiger partial charge in [-0.2, -0.15) is 0 Å². The third-order valence-electron chi connectivity index (χ3n) is 6.01. The molecule has 1 aliphatic carbocycles. The molecule has 5 rings (SSSR count). The highest BCUT2D eigenvalue weighted by Crippen LogP contribution is 2.41. The monoisotopic (exact) mass is 452 g/mol. The molecular weight excluding hydrogens is 432 g/mol. The molecule has 0 radical (unpaired) electrons. The summed E-state index contributed by atoms with van der Waals surface area (Å²) in [4.78, 5) is 42.7. The lowest BCUT2D eigenvalue weighted by molar-refractivity contribution is -0.122. The molecule has 6 nitrogen and oxygen atoms in total. The van der Waals surface area contributed by atoms with Gasteiger partial charge in [0.05, 0.1) is 33.3 Å². The number of imide groups is 1. The summed E-state index contributed by atoms with van der Waals surface area (Å²) < 4.78 is 1.83. The lowest BCUT2D eigenvalue weighted by atomic mass is 9.81. The lowest BCUT2D eigenvalue weighted by Crippen LogP contribution is -2.30.